The van der Waals surface area contributed by atoms with Crippen LogP contribution in [0.2, 0.25) is 0 Å². The van der Waals surface area contributed by atoms with Gasteiger partial charge in [-0.25, -0.2) is 4.39 Å². The van der Waals surface area contributed by atoms with Crippen LogP contribution in [0.3, 0.4) is 0 Å². The number of halogens is 1. The average Bonchev–Trinajstić information content (AvgIpc) is 2.45. The zero-order valence-electron chi connectivity index (χ0n) is 11.5. The maximum absolute atomic E-state index is 13.0. The molecule has 2 rings (SSSR count). The summed E-state index contributed by atoms with van der Waals surface area (Å²) < 4.78 is 13.0. The van der Waals surface area contributed by atoms with E-state index in [0.717, 1.165) is 0 Å². The van der Waals surface area contributed by atoms with Gasteiger partial charge in [-0.05, 0) is 42.8 Å². The highest BCUT2D eigenvalue weighted by Gasteiger charge is 2.07. The molecular formula is C17H14FNO2. The number of nitrogens with one attached hydrogen (secondary N) is 1. The number of hydrogen-bond donors (Lipinski definition) is 1. The number of carbonyl (C=O) groups is 2. The molecule has 0 spiro atoms. The zero-order valence-corrected chi connectivity index (χ0v) is 11.5. The summed E-state index contributed by atoms with van der Waals surface area (Å²) in [5.74, 6) is -0.868. The molecule has 0 atom stereocenters. The van der Waals surface area contributed by atoms with Gasteiger partial charge in [0.05, 0.1) is 5.69 Å². The van der Waals surface area contributed by atoms with Gasteiger partial charge in [0.15, 0.2) is 5.78 Å². The van der Waals surface area contributed by atoms with Crippen molar-refractivity contribution in [3.8, 4) is 0 Å². The first-order valence-electron chi connectivity index (χ1n) is 6.41. The van der Waals surface area contributed by atoms with E-state index in [1.807, 2.05) is 0 Å². The minimum Gasteiger partial charge on any atom is -0.322 e. The number of amides is 1. The largest absolute Gasteiger partial charge is 0.322 e. The summed E-state index contributed by atoms with van der Waals surface area (Å²) in [6.45, 7) is 1.44. The molecule has 2 aromatic carbocycles. The molecule has 4 heteroatoms. The van der Waals surface area contributed by atoms with Gasteiger partial charge in [-0.2, -0.15) is 0 Å². The van der Waals surface area contributed by atoms with E-state index >= 15 is 0 Å². The molecule has 106 valence electrons. The van der Waals surface area contributed by atoms with Gasteiger partial charge in [-0.1, -0.05) is 24.3 Å². The Balaban J connectivity index is 2.10. The SMILES string of the molecule is CC(=O)c1ccccc1NC(=O)C=Cc1cccc(F)c1. The molecule has 1 N–H and O–H groups in total. The van der Waals surface area contributed by atoms with Crippen LogP contribution in [0.15, 0.2) is 54.6 Å². The van der Waals surface area contributed by atoms with Gasteiger partial charge in [0.2, 0.25) is 5.91 Å². The minimum absolute atomic E-state index is 0.125. The van der Waals surface area contributed by atoms with Crippen molar-refractivity contribution in [3.05, 3.63) is 71.6 Å². The molecule has 0 aliphatic carbocycles. The van der Waals surface area contributed by atoms with E-state index in [2.05, 4.69) is 5.32 Å². The van der Waals surface area contributed by atoms with Gasteiger partial charge in [-0.3, -0.25) is 9.59 Å². The third-order valence-corrected chi connectivity index (χ3v) is 2.84. The number of rotatable bonds is 4. The van der Waals surface area contributed by atoms with Crippen molar-refractivity contribution in [1.29, 1.82) is 0 Å². The maximum Gasteiger partial charge on any atom is 0.248 e. The maximum atomic E-state index is 13.0. The van der Waals surface area contributed by atoms with E-state index in [1.165, 1.54) is 31.2 Å². The fourth-order valence-corrected chi connectivity index (χ4v) is 1.86. The number of ketones is 1. The lowest BCUT2D eigenvalue weighted by Crippen LogP contribution is -2.11. The van der Waals surface area contributed by atoms with E-state index in [9.17, 15) is 14.0 Å². The molecule has 0 saturated carbocycles. The van der Waals surface area contributed by atoms with E-state index in [1.54, 1.807) is 36.4 Å². The van der Waals surface area contributed by atoms with Crippen molar-refractivity contribution in [2.24, 2.45) is 0 Å². The van der Waals surface area contributed by atoms with Crippen LogP contribution in [0, 0.1) is 5.82 Å². The third kappa shape index (κ3) is 4.11. The summed E-state index contributed by atoms with van der Waals surface area (Å²) >= 11 is 0. The predicted octanol–water partition coefficient (Wildman–Crippen LogP) is 3.68. The third-order valence-electron chi connectivity index (χ3n) is 2.84. The second kappa shape index (κ2) is 6.61. The molecule has 0 heterocycles. The molecule has 0 aliphatic heterocycles. The molecular weight excluding hydrogens is 269 g/mol. The Hall–Kier alpha value is -2.75. The zero-order chi connectivity index (χ0) is 15.2. The summed E-state index contributed by atoms with van der Waals surface area (Å²) in [5, 5.41) is 2.64. The first-order valence-corrected chi connectivity index (χ1v) is 6.41. The number of Topliss-reactive ketones (excluding diaryl/α,β-unsaturated/α-hetero) is 1. The number of anilines is 1. The van der Waals surface area contributed by atoms with Crippen molar-refractivity contribution in [2.75, 3.05) is 5.32 Å². The fraction of sp³-hybridized carbons (Fsp3) is 0.0588. The van der Waals surface area contributed by atoms with Crippen molar-refractivity contribution in [1.82, 2.24) is 0 Å². The molecule has 21 heavy (non-hydrogen) atoms. The summed E-state index contributed by atoms with van der Waals surface area (Å²) in [4.78, 5) is 23.3. The predicted molar refractivity (Wildman–Crippen MR) is 80.5 cm³/mol. The van der Waals surface area contributed by atoms with Gasteiger partial charge in [0.1, 0.15) is 5.82 Å². The molecule has 0 fully saturated rings. The Labute approximate surface area is 122 Å². The van der Waals surface area contributed by atoms with Gasteiger partial charge < -0.3 is 5.32 Å². The van der Waals surface area contributed by atoms with Crippen LogP contribution < -0.4 is 5.32 Å². The Morgan fingerprint density at radius 1 is 1.10 bits per heavy atom. The molecule has 0 radical (unpaired) electrons. The van der Waals surface area contributed by atoms with Crippen LogP contribution in [0.1, 0.15) is 22.8 Å². The van der Waals surface area contributed by atoms with Crippen LogP contribution in [0.4, 0.5) is 10.1 Å². The molecule has 1 amide bonds. The van der Waals surface area contributed by atoms with E-state index in [4.69, 9.17) is 0 Å². The lowest BCUT2D eigenvalue weighted by atomic mass is 10.1. The Bertz CT molecular complexity index is 707. The van der Waals surface area contributed by atoms with E-state index in [0.29, 0.717) is 16.8 Å². The Morgan fingerprint density at radius 2 is 1.86 bits per heavy atom. The van der Waals surface area contributed by atoms with Crippen molar-refractivity contribution >= 4 is 23.5 Å². The summed E-state index contributed by atoms with van der Waals surface area (Å²) in [7, 11) is 0. The second-order valence-corrected chi connectivity index (χ2v) is 4.48. The monoisotopic (exact) mass is 283 g/mol. The fourth-order valence-electron chi connectivity index (χ4n) is 1.86. The summed E-state index contributed by atoms with van der Waals surface area (Å²) in [5.41, 5.74) is 1.49. The van der Waals surface area contributed by atoms with E-state index < -0.39 is 0 Å². The lowest BCUT2D eigenvalue weighted by molar-refractivity contribution is -0.111. The highest BCUT2D eigenvalue weighted by molar-refractivity contribution is 6.07. The molecule has 2 aromatic rings. The standard InChI is InChI=1S/C17H14FNO2/c1-12(20)15-7-2-3-8-16(15)19-17(21)10-9-13-5-4-6-14(18)11-13/h2-11H,1H3,(H,19,21). The smallest absolute Gasteiger partial charge is 0.248 e. The van der Waals surface area contributed by atoms with Crippen molar-refractivity contribution in [2.45, 2.75) is 6.92 Å². The van der Waals surface area contributed by atoms with Crippen molar-refractivity contribution in [3.63, 3.8) is 0 Å². The van der Waals surface area contributed by atoms with Gasteiger partial charge >= 0.3 is 0 Å². The average molecular weight is 283 g/mol. The minimum atomic E-state index is -0.382. The first-order chi connectivity index (χ1) is 10.1. The molecule has 0 aliphatic rings. The number of hydrogen-bond acceptors (Lipinski definition) is 2. The van der Waals surface area contributed by atoms with Crippen LogP contribution in [-0.2, 0) is 4.79 Å². The van der Waals surface area contributed by atoms with Gasteiger partial charge in [0.25, 0.3) is 0 Å². The van der Waals surface area contributed by atoms with Gasteiger partial charge in [0, 0.05) is 11.6 Å². The molecule has 0 bridgehead atoms. The highest BCUT2D eigenvalue weighted by atomic mass is 19.1. The quantitative estimate of drug-likeness (QED) is 0.687. The number of carbonyl (C=O) groups excluding carboxylic acids is 2. The van der Waals surface area contributed by atoms with Gasteiger partial charge in [-0.15, -0.1) is 0 Å². The van der Waals surface area contributed by atoms with Crippen LogP contribution in [0.5, 0.6) is 0 Å². The van der Waals surface area contributed by atoms with E-state index in [-0.39, 0.29) is 17.5 Å². The van der Waals surface area contributed by atoms with Crippen LogP contribution >= 0.6 is 0 Å². The Morgan fingerprint density at radius 3 is 2.57 bits per heavy atom. The summed E-state index contributed by atoms with van der Waals surface area (Å²) in [6.07, 6.45) is 2.81. The highest BCUT2D eigenvalue weighted by Crippen LogP contribution is 2.15. The molecule has 3 nitrogen and oxygen atoms in total. The van der Waals surface area contributed by atoms with Crippen molar-refractivity contribution < 1.29 is 14.0 Å². The Kier molecular flexibility index (Phi) is 4.61. The van der Waals surface area contributed by atoms with Crippen LogP contribution in [0.25, 0.3) is 6.08 Å². The topological polar surface area (TPSA) is 46.2 Å². The molecule has 0 unspecified atom stereocenters. The molecule has 0 saturated heterocycles. The summed E-state index contributed by atoms with van der Waals surface area (Å²) in [6, 6.07) is 12.7. The number of benzene rings is 2. The normalized spacial score (nSPS) is 10.6. The molecule has 0 aromatic heterocycles. The van der Waals surface area contributed by atoms with Crippen LogP contribution in [-0.4, -0.2) is 11.7 Å². The lowest BCUT2D eigenvalue weighted by Gasteiger charge is -2.06. The number of para-hydroxylation sites is 1. The first kappa shape index (κ1) is 14.7. The second-order valence-electron chi connectivity index (χ2n) is 4.48.